The summed E-state index contributed by atoms with van der Waals surface area (Å²) in [6.45, 7) is 5.76. The van der Waals surface area contributed by atoms with Crippen molar-refractivity contribution in [2.75, 3.05) is 44.7 Å². The second kappa shape index (κ2) is 7.37. The molecule has 0 bridgehead atoms. The van der Waals surface area contributed by atoms with E-state index in [0.29, 0.717) is 10.7 Å². The average Bonchev–Trinajstić information content (AvgIpc) is 2.45. The predicted octanol–water partition coefficient (Wildman–Crippen LogP) is 0.850. The van der Waals surface area contributed by atoms with Gasteiger partial charge in [-0.05, 0) is 25.1 Å². The molecule has 2 rings (SSSR count). The number of rotatable bonds is 6. The van der Waals surface area contributed by atoms with E-state index < -0.39 is 0 Å². The van der Waals surface area contributed by atoms with Crippen molar-refractivity contribution >= 4 is 23.0 Å². The van der Waals surface area contributed by atoms with Crippen LogP contribution in [0, 0.1) is 0 Å². The van der Waals surface area contributed by atoms with Crippen molar-refractivity contribution in [3.05, 3.63) is 23.9 Å². The number of anilines is 1. The first-order chi connectivity index (χ1) is 9.25. The number of nitrogens with one attached hydrogen (secondary N) is 1. The first kappa shape index (κ1) is 14.2. The van der Waals surface area contributed by atoms with Gasteiger partial charge in [-0.25, -0.2) is 4.98 Å². The molecule has 6 heteroatoms. The largest absolute Gasteiger partial charge is 0.388 e. The summed E-state index contributed by atoms with van der Waals surface area (Å²) in [5.74, 6) is 0.826. The zero-order chi connectivity index (χ0) is 13.5. The van der Waals surface area contributed by atoms with Gasteiger partial charge < -0.3 is 15.8 Å². The zero-order valence-corrected chi connectivity index (χ0v) is 11.8. The van der Waals surface area contributed by atoms with Gasteiger partial charge in [0.25, 0.3) is 0 Å². The highest BCUT2D eigenvalue weighted by Gasteiger charge is 2.09. The number of hydrogen-bond acceptors (Lipinski definition) is 5. The summed E-state index contributed by atoms with van der Waals surface area (Å²) in [5.41, 5.74) is 6.22. The molecule has 0 radical (unpaired) electrons. The van der Waals surface area contributed by atoms with E-state index in [4.69, 9.17) is 22.7 Å². The van der Waals surface area contributed by atoms with Crippen LogP contribution < -0.4 is 11.1 Å². The molecule has 5 nitrogen and oxygen atoms in total. The third-order valence-electron chi connectivity index (χ3n) is 3.06. The number of morpholine rings is 1. The summed E-state index contributed by atoms with van der Waals surface area (Å²) in [6.07, 6.45) is 1.08. The normalized spacial score (nSPS) is 16.2. The van der Waals surface area contributed by atoms with Gasteiger partial charge in [0.05, 0.1) is 18.9 Å². The smallest absolute Gasteiger partial charge is 0.126 e. The summed E-state index contributed by atoms with van der Waals surface area (Å²) < 4.78 is 5.32. The van der Waals surface area contributed by atoms with E-state index in [1.165, 1.54) is 0 Å². The number of ether oxygens (including phenoxy) is 1. The fraction of sp³-hybridized carbons (Fsp3) is 0.538. The number of hydrogen-bond donors (Lipinski definition) is 2. The molecular weight excluding hydrogens is 260 g/mol. The van der Waals surface area contributed by atoms with Gasteiger partial charge in [0, 0.05) is 19.6 Å². The minimum atomic E-state index is 0.331. The van der Waals surface area contributed by atoms with E-state index in [9.17, 15) is 0 Å². The van der Waals surface area contributed by atoms with Gasteiger partial charge >= 0.3 is 0 Å². The highest BCUT2D eigenvalue weighted by Crippen LogP contribution is 2.05. The lowest BCUT2D eigenvalue weighted by molar-refractivity contribution is 0.0378. The van der Waals surface area contributed by atoms with Crippen molar-refractivity contribution in [1.82, 2.24) is 9.88 Å². The van der Waals surface area contributed by atoms with Crippen LogP contribution in [0.2, 0.25) is 0 Å². The summed E-state index contributed by atoms with van der Waals surface area (Å²) in [4.78, 5) is 7.10. The first-order valence-corrected chi connectivity index (χ1v) is 6.97. The molecule has 1 fully saturated rings. The molecule has 0 spiro atoms. The topological polar surface area (TPSA) is 63.4 Å². The van der Waals surface area contributed by atoms with Gasteiger partial charge in [0.15, 0.2) is 0 Å². The van der Waals surface area contributed by atoms with Crippen molar-refractivity contribution in [1.29, 1.82) is 0 Å². The van der Waals surface area contributed by atoms with Gasteiger partial charge in [-0.15, -0.1) is 0 Å². The lowest BCUT2D eigenvalue weighted by Crippen LogP contribution is -2.37. The van der Waals surface area contributed by atoms with Crippen LogP contribution in [-0.4, -0.2) is 54.3 Å². The van der Waals surface area contributed by atoms with Crippen molar-refractivity contribution < 1.29 is 4.74 Å². The first-order valence-electron chi connectivity index (χ1n) is 6.56. The minimum Gasteiger partial charge on any atom is -0.388 e. The predicted molar refractivity (Wildman–Crippen MR) is 80.5 cm³/mol. The SMILES string of the molecule is NC(=S)c1cccc(NCCCN2CCOCC2)n1. The number of nitrogens with two attached hydrogens (primary N) is 1. The van der Waals surface area contributed by atoms with Crippen LogP contribution in [-0.2, 0) is 4.74 Å². The van der Waals surface area contributed by atoms with E-state index in [1.54, 1.807) is 0 Å². The van der Waals surface area contributed by atoms with Gasteiger partial charge in [0.1, 0.15) is 10.8 Å². The fourth-order valence-corrected chi connectivity index (χ4v) is 2.13. The maximum Gasteiger partial charge on any atom is 0.126 e. The van der Waals surface area contributed by atoms with Crippen LogP contribution in [0.25, 0.3) is 0 Å². The molecular formula is C13H20N4OS. The highest BCUT2D eigenvalue weighted by atomic mass is 32.1. The summed E-state index contributed by atoms with van der Waals surface area (Å²) in [7, 11) is 0. The van der Waals surface area contributed by atoms with Gasteiger partial charge in [0.2, 0.25) is 0 Å². The second-order valence-corrected chi connectivity index (χ2v) is 4.95. The molecule has 0 atom stereocenters. The molecule has 0 aliphatic carbocycles. The molecule has 104 valence electrons. The van der Waals surface area contributed by atoms with Gasteiger partial charge in [-0.2, -0.15) is 0 Å². The van der Waals surface area contributed by atoms with Crippen LogP contribution in [0.3, 0.4) is 0 Å². The van der Waals surface area contributed by atoms with Gasteiger partial charge in [-0.3, -0.25) is 4.90 Å². The number of nitrogens with zero attached hydrogens (tertiary/aromatic N) is 2. The molecule has 0 unspecified atom stereocenters. The zero-order valence-electron chi connectivity index (χ0n) is 11.0. The number of thiocarbonyl (C=S) groups is 1. The molecule has 1 aromatic heterocycles. The molecule has 1 aromatic rings. The van der Waals surface area contributed by atoms with Crippen molar-refractivity contribution in [3.8, 4) is 0 Å². The summed E-state index contributed by atoms with van der Waals surface area (Å²) in [6, 6.07) is 5.66. The monoisotopic (exact) mass is 280 g/mol. The average molecular weight is 280 g/mol. The molecule has 1 aliphatic heterocycles. The Kier molecular flexibility index (Phi) is 5.50. The Morgan fingerprint density at radius 3 is 2.95 bits per heavy atom. The third-order valence-corrected chi connectivity index (χ3v) is 3.27. The number of aromatic nitrogens is 1. The minimum absolute atomic E-state index is 0.331. The van der Waals surface area contributed by atoms with Crippen LogP contribution in [0.4, 0.5) is 5.82 Å². The lowest BCUT2D eigenvalue weighted by atomic mass is 10.3. The van der Waals surface area contributed by atoms with E-state index in [2.05, 4.69) is 15.2 Å². The Morgan fingerprint density at radius 2 is 2.21 bits per heavy atom. The third kappa shape index (κ3) is 4.74. The molecule has 19 heavy (non-hydrogen) atoms. The fourth-order valence-electron chi connectivity index (χ4n) is 2.01. The van der Waals surface area contributed by atoms with Crippen LogP contribution >= 0.6 is 12.2 Å². The lowest BCUT2D eigenvalue weighted by Gasteiger charge is -2.26. The maximum atomic E-state index is 5.56. The Balaban J connectivity index is 1.70. The Labute approximate surface area is 119 Å². The Bertz CT molecular complexity index is 421. The standard InChI is InChI=1S/C13H20N4OS/c14-13(19)11-3-1-4-12(16-11)15-5-2-6-17-7-9-18-10-8-17/h1,3-4H,2,5-10H2,(H2,14,19)(H,15,16). The molecule has 1 saturated heterocycles. The molecule has 0 aromatic carbocycles. The van der Waals surface area contributed by atoms with E-state index in [-0.39, 0.29) is 0 Å². The van der Waals surface area contributed by atoms with Crippen molar-refractivity contribution in [2.24, 2.45) is 5.73 Å². The van der Waals surface area contributed by atoms with E-state index >= 15 is 0 Å². The summed E-state index contributed by atoms with van der Waals surface area (Å²) >= 11 is 4.91. The van der Waals surface area contributed by atoms with Gasteiger partial charge in [-0.1, -0.05) is 18.3 Å². The second-order valence-electron chi connectivity index (χ2n) is 4.51. The van der Waals surface area contributed by atoms with E-state index in [1.807, 2.05) is 18.2 Å². The van der Waals surface area contributed by atoms with Crippen LogP contribution in [0.5, 0.6) is 0 Å². The van der Waals surface area contributed by atoms with E-state index in [0.717, 1.165) is 51.6 Å². The maximum absolute atomic E-state index is 5.56. The Morgan fingerprint density at radius 1 is 1.42 bits per heavy atom. The Hall–Kier alpha value is -1.24. The molecule has 0 saturated carbocycles. The van der Waals surface area contributed by atoms with Crippen molar-refractivity contribution in [3.63, 3.8) is 0 Å². The summed E-state index contributed by atoms with van der Waals surface area (Å²) in [5, 5.41) is 3.30. The van der Waals surface area contributed by atoms with Crippen LogP contribution in [0.15, 0.2) is 18.2 Å². The molecule has 2 heterocycles. The molecule has 3 N–H and O–H groups in total. The highest BCUT2D eigenvalue weighted by molar-refractivity contribution is 7.80. The number of pyridine rings is 1. The quantitative estimate of drug-likeness (QED) is 0.595. The molecule has 1 aliphatic rings. The van der Waals surface area contributed by atoms with Crippen molar-refractivity contribution in [2.45, 2.75) is 6.42 Å². The molecule has 0 amide bonds. The van der Waals surface area contributed by atoms with Crippen LogP contribution in [0.1, 0.15) is 12.1 Å².